The quantitative estimate of drug-likeness (QED) is 0.104. The molecule has 6 fully saturated rings. The molecule has 9 aliphatic heterocycles. The zero-order chi connectivity index (χ0) is 68.4. The Kier molecular flexibility index (Phi) is 24.4. The molecule has 0 aliphatic carbocycles. The van der Waals surface area contributed by atoms with E-state index < -0.39 is 96.5 Å². The molecule has 19 heteroatoms. The van der Waals surface area contributed by atoms with E-state index in [9.17, 15) is 4.79 Å². The van der Waals surface area contributed by atoms with Crippen molar-refractivity contribution in [2.75, 3.05) is 6.61 Å². The maximum Gasteiger partial charge on any atom is 0.308 e. The molecule has 9 heterocycles. The van der Waals surface area contributed by atoms with Crippen molar-refractivity contribution in [3.05, 3.63) is 36.5 Å². The van der Waals surface area contributed by atoms with Crippen LogP contribution >= 0.6 is 0 Å². The predicted molar refractivity (Wildman–Crippen MR) is 379 cm³/mol. The molecule has 0 aromatic rings. The molecule has 8 bridgehead atoms. The van der Waals surface area contributed by atoms with Gasteiger partial charge in [-0.1, -0.05) is 137 Å². The molecule has 0 saturated carbocycles. The van der Waals surface area contributed by atoms with Gasteiger partial charge in [0.25, 0.3) is 0 Å². The van der Waals surface area contributed by atoms with Crippen LogP contribution in [-0.4, -0.2) is 164 Å². The smallest absolute Gasteiger partial charge is 0.308 e. The maximum absolute atomic E-state index is 15.3. The first-order valence-corrected chi connectivity index (χ1v) is 50.0. The summed E-state index contributed by atoms with van der Waals surface area (Å²) < 4.78 is 87.9. The molecule has 0 radical (unpaired) electrons. The van der Waals surface area contributed by atoms with Crippen molar-refractivity contribution in [3.8, 4) is 0 Å². The number of carbonyl (C=O) groups excluding carboxylic acids is 2. The van der Waals surface area contributed by atoms with Crippen LogP contribution < -0.4 is 0 Å². The molecule has 9 aliphatic rings. The highest BCUT2D eigenvalue weighted by atomic mass is 28.4. The van der Waals surface area contributed by atoms with E-state index in [1.165, 1.54) is 0 Å². The highest BCUT2D eigenvalue weighted by Gasteiger charge is 2.59. The number of ether oxygens (including phenoxy) is 7. The predicted octanol–water partition coefficient (Wildman–Crippen LogP) is 17.3. The van der Waals surface area contributed by atoms with E-state index in [2.05, 4.69) is 196 Å². The van der Waals surface area contributed by atoms with E-state index in [0.29, 0.717) is 58.0 Å². The molecule has 0 amide bonds. The number of ketones is 1. The van der Waals surface area contributed by atoms with Crippen LogP contribution in [0.1, 0.15) is 195 Å². The lowest BCUT2D eigenvalue weighted by Gasteiger charge is -2.56. The second-order valence-corrected chi connectivity index (χ2v) is 60.5. The summed E-state index contributed by atoms with van der Waals surface area (Å²) in [6.07, 6.45) is 3.60. The Balaban J connectivity index is 1.30. The first kappa shape index (κ1) is 77.4. The summed E-state index contributed by atoms with van der Waals surface area (Å²) in [6.45, 7) is 71.1. The van der Waals surface area contributed by atoms with Crippen LogP contribution in [0.3, 0.4) is 0 Å². The van der Waals surface area contributed by atoms with Crippen LogP contribution in [0.25, 0.3) is 0 Å². The number of fused-ring (bicyclic) bond motifs is 3. The van der Waals surface area contributed by atoms with Gasteiger partial charge in [-0.2, -0.15) is 0 Å². The molecule has 0 N–H and O–H groups in total. The molecule has 0 unspecified atom stereocenters. The Morgan fingerprint density at radius 2 is 1.01 bits per heavy atom. The molecule has 0 spiro atoms. The summed E-state index contributed by atoms with van der Waals surface area (Å²) in [5, 5.41) is -0.477. The van der Waals surface area contributed by atoms with Gasteiger partial charge in [-0.05, 0) is 165 Å². The summed E-state index contributed by atoms with van der Waals surface area (Å²) in [5.74, 6) is -0.400. The third-order valence-electron chi connectivity index (χ3n) is 24.4. The van der Waals surface area contributed by atoms with Crippen LogP contribution in [0.2, 0.25) is 90.7 Å². The fourth-order valence-corrected chi connectivity index (χ4v) is 19.4. The van der Waals surface area contributed by atoms with E-state index in [-0.39, 0.29) is 104 Å². The topological polar surface area (TPSA) is 145 Å². The summed E-state index contributed by atoms with van der Waals surface area (Å²) in [4.78, 5) is 29.6. The van der Waals surface area contributed by atoms with Gasteiger partial charge >= 0.3 is 5.97 Å². The number of hydrogen-bond donors (Lipinski definition) is 0. The van der Waals surface area contributed by atoms with Crippen LogP contribution in [-0.2, 0) is 64.9 Å². The lowest BCUT2D eigenvalue weighted by atomic mass is 9.79. The molecular formula is C72H132O14Si5. The van der Waals surface area contributed by atoms with Crippen LogP contribution in [0.15, 0.2) is 36.5 Å². The third kappa shape index (κ3) is 18.5. The van der Waals surface area contributed by atoms with E-state index in [1.807, 2.05) is 6.08 Å². The zero-order valence-electron chi connectivity index (χ0n) is 62.4. The minimum absolute atomic E-state index is 0.00959. The van der Waals surface area contributed by atoms with Gasteiger partial charge in [-0.3, -0.25) is 9.59 Å². The Labute approximate surface area is 559 Å². The summed E-state index contributed by atoms with van der Waals surface area (Å²) in [7, 11) is -12.1. The lowest BCUT2D eigenvalue weighted by Crippen LogP contribution is -2.69. The van der Waals surface area contributed by atoms with Crippen molar-refractivity contribution in [1.82, 2.24) is 0 Å². The molecule has 9 rings (SSSR count). The van der Waals surface area contributed by atoms with Crippen molar-refractivity contribution in [3.63, 3.8) is 0 Å². The first-order chi connectivity index (χ1) is 41.4. The second kappa shape index (κ2) is 28.7. The largest absolute Gasteiger partial charge is 0.459 e. The van der Waals surface area contributed by atoms with E-state index in [1.54, 1.807) is 6.08 Å². The molecule has 6 saturated heterocycles. The van der Waals surface area contributed by atoms with Gasteiger partial charge in [0.05, 0.1) is 79.7 Å². The van der Waals surface area contributed by atoms with Crippen LogP contribution in [0.5, 0.6) is 0 Å². The Hall–Kier alpha value is -0.996. The summed E-state index contributed by atoms with van der Waals surface area (Å²) in [5.41, 5.74) is 2.09. The van der Waals surface area contributed by atoms with Gasteiger partial charge < -0.3 is 55.3 Å². The normalized spacial score (nSPS) is 36.7. The van der Waals surface area contributed by atoms with Crippen molar-refractivity contribution < 1.29 is 64.9 Å². The fraction of sp³-hybridized carbons (Fsp3) is 0.889. The summed E-state index contributed by atoms with van der Waals surface area (Å²) >= 11 is 0. The van der Waals surface area contributed by atoms with E-state index in [0.717, 1.165) is 30.4 Å². The minimum Gasteiger partial charge on any atom is -0.459 e. The molecule has 91 heavy (non-hydrogen) atoms. The molecule has 524 valence electrons. The Morgan fingerprint density at radius 3 is 1.59 bits per heavy atom. The monoisotopic (exact) mass is 1360 g/mol. The SMILES string of the molecule is C=C1C[C@@H]2CCC(=O)/C=C\[C@H](O[Si](C)(C)C(C)(C)C)[C@@H]3O[C@H]4CC[C@H](CC(=O)O[C@@H]5[C@@H](C)[C@@H]6O[C@H](CCO[Si](C)(C)C(C)(C)C)[C@H](O[Si](C)(C)C(C)(C)C)C[C@@H]6O[C@H]5C[C@H]5O[C@@H](CC[C@@H]1O2)C[C@@H](C)C5=C)O[C@@H]4[C@H](O[Si](C)(C)C(C)(C)C)[C@@H]3O[Si](C)(C)C(C)(C)C. The fourth-order valence-electron chi connectivity index (χ4n) is 13.1. The van der Waals surface area contributed by atoms with Gasteiger partial charge in [0.15, 0.2) is 47.4 Å². The van der Waals surface area contributed by atoms with Gasteiger partial charge in [-0.25, -0.2) is 0 Å². The van der Waals surface area contributed by atoms with E-state index >= 15 is 4.79 Å². The van der Waals surface area contributed by atoms with E-state index in [4.69, 9.17) is 55.3 Å². The van der Waals surface area contributed by atoms with Crippen LogP contribution in [0, 0.1) is 11.8 Å². The Bertz CT molecular complexity index is 2530. The average Bonchev–Trinajstić information content (AvgIpc) is 1.09. The number of rotatable bonds is 12. The molecule has 19 atom stereocenters. The lowest BCUT2D eigenvalue weighted by molar-refractivity contribution is -0.275. The van der Waals surface area contributed by atoms with Crippen LogP contribution in [0.4, 0.5) is 0 Å². The highest BCUT2D eigenvalue weighted by molar-refractivity contribution is 6.76. The van der Waals surface area contributed by atoms with Crippen molar-refractivity contribution >= 4 is 53.3 Å². The van der Waals surface area contributed by atoms with Gasteiger partial charge in [0, 0.05) is 31.8 Å². The van der Waals surface area contributed by atoms with Gasteiger partial charge in [0.1, 0.15) is 30.5 Å². The van der Waals surface area contributed by atoms with Crippen molar-refractivity contribution in [2.24, 2.45) is 11.8 Å². The molecule has 14 nitrogen and oxygen atoms in total. The average molecular weight is 1360 g/mol. The third-order valence-corrected chi connectivity index (χ3v) is 46.9. The molecular weight excluding hydrogens is 1230 g/mol. The number of esters is 1. The second-order valence-electron chi connectivity index (χ2n) is 36.6. The summed E-state index contributed by atoms with van der Waals surface area (Å²) in [6, 6.07) is 0. The van der Waals surface area contributed by atoms with Gasteiger partial charge in [-0.15, -0.1) is 0 Å². The Morgan fingerprint density at radius 1 is 0.495 bits per heavy atom. The highest BCUT2D eigenvalue weighted by Crippen LogP contribution is 2.50. The van der Waals surface area contributed by atoms with Gasteiger partial charge in [0.2, 0.25) is 0 Å². The number of allylic oxidation sites excluding steroid dienone is 1. The van der Waals surface area contributed by atoms with Crippen molar-refractivity contribution in [2.45, 2.75) is 389 Å². The molecule has 0 aromatic carbocycles. The first-order valence-electron chi connectivity index (χ1n) is 35.5. The number of hydrogen-bond acceptors (Lipinski definition) is 14. The zero-order valence-corrected chi connectivity index (χ0v) is 67.4. The maximum atomic E-state index is 15.3. The minimum atomic E-state index is -2.62. The number of carbonyl (C=O) groups is 2. The van der Waals surface area contributed by atoms with Crippen molar-refractivity contribution in [1.29, 1.82) is 0 Å². The molecule has 0 aromatic heterocycles. The standard InChI is InChI=1S/C72H132O14Si5/c1-45-40-51-33-36-53-46(2)41-50(76-53)32-30-49(73)31-35-56(83-88(22,23)69(8,9)10)65-67(86-91(28,29)72(17,18)19)66(85-90(26,27)71(14,15)16)64-55(81-65)37-34-52(78-64)42-61(74)82-63-48(4)62-60(79-59(63)43-57(77-51)47(45)3)44-58(84-89(24,25)70(11,12)13)54(80-62)38-39-75-87(20,21)68(5,6)7/h31,35,45,48,50-60,62-67H,2-3,30,32-34,36-44H2,1,4-29H3/b35-31-/t45-,48+,50+,51+,52-,53+,54-,55+,56+,57-,58-,59+,60+,62+,63-,64+,65+,66+,67-/m1/s1.